The summed E-state index contributed by atoms with van der Waals surface area (Å²) in [6.45, 7) is 30.4. The monoisotopic (exact) mass is 514 g/mol. The maximum Gasteiger partial charge on any atom is 0.192 e. The van der Waals surface area contributed by atoms with Crippen molar-refractivity contribution < 1.29 is 8.85 Å². The number of hydrogen-bond donors (Lipinski definition) is 0. The highest BCUT2D eigenvalue weighted by Crippen LogP contribution is 2.41. The van der Waals surface area contributed by atoms with Gasteiger partial charge in [0.1, 0.15) is 0 Å². The lowest BCUT2D eigenvalue weighted by Gasteiger charge is -2.43. The largest absolute Gasteiger partial charge is 0.414 e. The van der Waals surface area contributed by atoms with Crippen LogP contribution in [0, 0.1) is 11.8 Å². The molecule has 4 atom stereocenters. The predicted molar refractivity (Wildman–Crippen MR) is 132 cm³/mol. The first-order valence-electron chi connectivity index (χ1n) is 10.3. The van der Waals surface area contributed by atoms with Crippen LogP contribution in [0.25, 0.3) is 0 Å². The zero-order valence-corrected chi connectivity index (χ0v) is 24.1. The molecule has 0 aliphatic rings. The van der Waals surface area contributed by atoms with Crippen molar-refractivity contribution in [2.75, 3.05) is 4.43 Å². The van der Waals surface area contributed by atoms with Crippen molar-refractivity contribution in [3.8, 4) is 0 Å². The number of halogens is 1. The lowest BCUT2D eigenvalue weighted by atomic mass is 9.93. The normalized spacial score (nSPS) is 19.2. The number of alkyl halides is 1. The Morgan fingerprint density at radius 2 is 1.12 bits per heavy atom. The van der Waals surface area contributed by atoms with Crippen LogP contribution in [0.3, 0.4) is 0 Å². The topological polar surface area (TPSA) is 18.5 Å². The minimum absolute atomic E-state index is 0.253. The molecule has 26 heavy (non-hydrogen) atoms. The summed E-state index contributed by atoms with van der Waals surface area (Å²) in [5.74, 6) is 1.08. The number of hydrogen-bond acceptors (Lipinski definition) is 2. The molecule has 0 fully saturated rings. The summed E-state index contributed by atoms with van der Waals surface area (Å²) in [5, 5.41) is 0.510. The first kappa shape index (κ1) is 27.1. The molecule has 0 saturated heterocycles. The van der Waals surface area contributed by atoms with Gasteiger partial charge in [-0.1, -0.05) is 78.0 Å². The van der Waals surface area contributed by atoms with Crippen molar-refractivity contribution in [2.24, 2.45) is 11.8 Å². The Kier molecular flexibility index (Phi) is 10.1. The molecule has 0 radical (unpaired) electrons. The molecule has 0 bridgehead atoms. The molecule has 0 aromatic carbocycles. The Balaban J connectivity index is 5.18. The van der Waals surface area contributed by atoms with Crippen LogP contribution in [0.1, 0.15) is 68.7 Å². The molecule has 0 saturated carbocycles. The minimum Gasteiger partial charge on any atom is -0.414 e. The van der Waals surface area contributed by atoms with Gasteiger partial charge >= 0.3 is 0 Å². The third-order valence-electron chi connectivity index (χ3n) is 6.82. The summed E-state index contributed by atoms with van der Waals surface area (Å²) in [6.07, 6.45) is 1.70. The van der Waals surface area contributed by atoms with Crippen LogP contribution in [-0.4, -0.2) is 33.3 Å². The average Bonchev–Trinajstić information content (AvgIpc) is 2.42. The first-order valence-corrected chi connectivity index (χ1v) is 17.6. The zero-order valence-electron chi connectivity index (χ0n) is 19.9. The Bertz CT molecular complexity index is 425. The number of rotatable bonds is 9. The summed E-state index contributed by atoms with van der Waals surface area (Å²) >= 11 is 2.51. The molecule has 5 heteroatoms. The molecule has 0 aliphatic heterocycles. The molecular weight excluding hydrogens is 467 g/mol. The lowest BCUT2D eigenvalue weighted by molar-refractivity contribution is 0.0695. The third-order valence-corrected chi connectivity index (χ3v) is 17.3. The second kappa shape index (κ2) is 9.72. The summed E-state index contributed by atoms with van der Waals surface area (Å²) < 4.78 is 14.7. The summed E-state index contributed by atoms with van der Waals surface area (Å²) in [7, 11) is -3.49. The molecule has 0 aromatic heterocycles. The highest BCUT2D eigenvalue weighted by Gasteiger charge is 2.42. The van der Waals surface area contributed by atoms with Crippen molar-refractivity contribution in [1.82, 2.24) is 0 Å². The predicted octanol–water partition coefficient (Wildman–Crippen LogP) is 7.88. The van der Waals surface area contributed by atoms with Gasteiger partial charge in [0.15, 0.2) is 16.6 Å². The lowest BCUT2D eigenvalue weighted by Crippen LogP contribution is -2.48. The van der Waals surface area contributed by atoms with E-state index in [0.29, 0.717) is 17.9 Å². The van der Waals surface area contributed by atoms with E-state index in [1.54, 1.807) is 0 Å². The fourth-order valence-electron chi connectivity index (χ4n) is 2.37. The smallest absolute Gasteiger partial charge is 0.192 e. The van der Waals surface area contributed by atoms with Crippen LogP contribution in [-0.2, 0) is 8.85 Å². The van der Waals surface area contributed by atoms with E-state index in [4.69, 9.17) is 8.85 Å². The van der Waals surface area contributed by atoms with Gasteiger partial charge in [0.2, 0.25) is 0 Å². The molecule has 0 heterocycles. The molecular formula is C21H47IO2Si2. The fourth-order valence-corrected chi connectivity index (χ4v) is 5.89. The van der Waals surface area contributed by atoms with E-state index in [9.17, 15) is 0 Å². The van der Waals surface area contributed by atoms with E-state index >= 15 is 0 Å². The van der Waals surface area contributed by atoms with Crippen LogP contribution in [0.4, 0.5) is 0 Å². The molecule has 2 nitrogen and oxygen atoms in total. The van der Waals surface area contributed by atoms with Crippen molar-refractivity contribution in [2.45, 2.75) is 117 Å². The maximum absolute atomic E-state index is 6.86. The van der Waals surface area contributed by atoms with Crippen molar-refractivity contribution in [3.05, 3.63) is 0 Å². The maximum atomic E-state index is 6.86. The van der Waals surface area contributed by atoms with E-state index in [1.807, 2.05) is 0 Å². The second-order valence-corrected chi connectivity index (χ2v) is 21.7. The molecule has 0 amide bonds. The molecule has 0 unspecified atom stereocenters. The summed E-state index contributed by atoms with van der Waals surface area (Å²) in [6, 6.07) is 0. The van der Waals surface area contributed by atoms with Crippen molar-refractivity contribution in [1.29, 1.82) is 0 Å². The van der Waals surface area contributed by atoms with Gasteiger partial charge in [0, 0.05) is 16.6 Å². The average molecular weight is 515 g/mol. The van der Waals surface area contributed by atoms with Crippen molar-refractivity contribution >= 4 is 39.2 Å². The molecule has 0 aliphatic carbocycles. The Labute approximate surface area is 181 Å². The highest BCUT2D eigenvalue weighted by molar-refractivity contribution is 14.1. The SMILES string of the molecule is C[C@H](O[Si](C)(C)C(C)(C)C)[C@@H](C)C[C@@H](O[Si](C)(C)C(C)(C)C)[C@@H](C)CI. The quantitative estimate of drug-likeness (QED) is 0.177. The summed E-state index contributed by atoms with van der Waals surface area (Å²) in [4.78, 5) is 0. The summed E-state index contributed by atoms with van der Waals surface area (Å²) in [5.41, 5.74) is 0. The van der Waals surface area contributed by atoms with Gasteiger partial charge in [-0.05, 0) is 61.4 Å². The van der Waals surface area contributed by atoms with Crippen LogP contribution in [0.5, 0.6) is 0 Å². The van der Waals surface area contributed by atoms with Gasteiger partial charge in [-0.25, -0.2) is 0 Å². The van der Waals surface area contributed by atoms with E-state index in [2.05, 4.69) is 111 Å². The van der Waals surface area contributed by atoms with Gasteiger partial charge in [0.25, 0.3) is 0 Å². The molecule has 158 valence electrons. The van der Waals surface area contributed by atoms with Crippen LogP contribution in [0.2, 0.25) is 36.3 Å². The molecule has 0 rings (SSSR count). The van der Waals surface area contributed by atoms with E-state index < -0.39 is 16.6 Å². The first-order chi connectivity index (χ1) is 11.4. The second-order valence-electron chi connectivity index (χ2n) is 11.3. The van der Waals surface area contributed by atoms with E-state index in [0.717, 1.165) is 10.8 Å². The van der Waals surface area contributed by atoms with E-state index in [1.165, 1.54) is 0 Å². The highest BCUT2D eigenvalue weighted by atomic mass is 127. The van der Waals surface area contributed by atoms with Crippen LogP contribution in [0.15, 0.2) is 0 Å². The fraction of sp³-hybridized carbons (Fsp3) is 1.00. The van der Waals surface area contributed by atoms with Crippen molar-refractivity contribution in [3.63, 3.8) is 0 Å². The zero-order chi connectivity index (χ0) is 21.1. The Hall–Kier alpha value is 1.08. The van der Waals surface area contributed by atoms with Crippen LogP contribution >= 0.6 is 22.6 Å². The molecule has 0 aromatic rings. The van der Waals surface area contributed by atoms with Gasteiger partial charge in [-0.15, -0.1) is 0 Å². The Morgan fingerprint density at radius 3 is 1.46 bits per heavy atom. The molecule has 0 N–H and O–H groups in total. The van der Waals surface area contributed by atoms with Gasteiger partial charge in [-0.3, -0.25) is 0 Å². The van der Waals surface area contributed by atoms with Crippen LogP contribution < -0.4 is 0 Å². The molecule has 0 spiro atoms. The van der Waals surface area contributed by atoms with Gasteiger partial charge in [-0.2, -0.15) is 0 Å². The Morgan fingerprint density at radius 1 is 0.731 bits per heavy atom. The third kappa shape index (κ3) is 7.84. The minimum atomic E-state index is -1.76. The standard InChI is InChI=1S/C21H47IO2Si2/c1-16(18(3)23-25(10,11)20(4,5)6)14-19(17(2)15-22)24-26(12,13)21(7,8)9/h16-19H,14-15H2,1-13H3/t16-,17-,18-,19+/m0/s1. The van der Waals surface area contributed by atoms with Gasteiger partial charge < -0.3 is 8.85 Å². The van der Waals surface area contributed by atoms with E-state index in [-0.39, 0.29) is 16.2 Å². The van der Waals surface area contributed by atoms with Gasteiger partial charge in [0.05, 0.1) is 0 Å².